The molecule has 124 valence electrons. The molecule has 1 N–H and O–H groups in total. The average Bonchev–Trinajstić information content (AvgIpc) is 3.33. The largest absolute Gasteiger partial charge is 0.461 e. The minimum Gasteiger partial charge on any atom is -0.461 e. The zero-order chi connectivity index (χ0) is 16.6. The highest BCUT2D eigenvalue weighted by Crippen LogP contribution is 2.24. The number of nitrogens with zero attached hydrogens (tertiary/aromatic N) is 3. The smallest absolute Gasteiger partial charge is 0.195 e. The lowest BCUT2D eigenvalue weighted by molar-refractivity contribution is 0.242. The number of furan rings is 1. The molecule has 0 saturated heterocycles. The van der Waals surface area contributed by atoms with Crippen molar-refractivity contribution in [1.82, 2.24) is 19.9 Å². The van der Waals surface area contributed by atoms with Gasteiger partial charge in [0.15, 0.2) is 11.6 Å². The number of fused-ring (bicyclic) bond motifs is 2. The molecule has 5 nitrogen and oxygen atoms in total. The van der Waals surface area contributed by atoms with Crippen LogP contribution in [0.15, 0.2) is 59.5 Å². The molecule has 0 unspecified atom stereocenters. The lowest BCUT2D eigenvalue weighted by Crippen LogP contribution is -2.31. The van der Waals surface area contributed by atoms with E-state index in [2.05, 4.69) is 39.1 Å². The van der Waals surface area contributed by atoms with Gasteiger partial charge in [0, 0.05) is 42.9 Å². The van der Waals surface area contributed by atoms with Crippen LogP contribution in [-0.4, -0.2) is 26.4 Å². The van der Waals surface area contributed by atoms with E-state index in [0.29, 0.717) is 5.82 Å². The Labute approximate surface area is 145 Å². The van der Waals surface area contributed by atoms with Crippen LogP contribution < -0.4 is 0 Å². The molecule has 4 heterocycles. The number of hydrogen-bond donors (Lipinski definition) is 1. The summed E-state index contributed by atoms with van der Waals surface area (Å²) < 4.78 is 5.43. The normalized spacial score (nSPS) is 14.7. The Morgan fingerprint density at radius 3 is 3.08 bits per heavy atom. The molecule has 0 aliphatic carbocycles. The summed E-state index contributed by atoms with van der Waals surface area (Å²) in [5.74, 6) is 1.38. The Bertz CT molecular complexity index is 1020. The first kappa shape index (κ1) is 14.4. The van der Waals surface area contributed by atoms with Crippen molar-refractivity contribution < 1.29 is 4.42 Å². The molecule has 0 amide bonds. The van der Waals surface area contributed by atoms with Gasteiger partial charge in [-0.1, -0.05) is 12.1 Å². The number of benzene rings is 1. The van der Waals surface area contributed by atoms with Crippen LogP contribution in [0, 0.1) is 0 Å². The summed E-state index contributed by atoms with van der Waals surface area (Å²) >= 11 is 0. The fraction of sp³-hybridized carbons (Fsp3) is 0.200. The molecule has 3 aromatic heterocycles. The van der Waals surface area contributed by atoms with Crippen molar-refractivity contribution in [2.24, 2.45) is 0 Å². The Kier molecular flexibility index (Phi) is 3.38. The number of aromatic amines is 1. The van der Waals surface area contributed by atoms with E-state index >= 15 is 0 Å². The van der Waals surface area contributed by atoms with Crippen molar-refractivity contribution in [1.29, 1.82) is 0 Å². The van der Waals surface area contributed by atoms with Gasteiger partial charge in [-0.3, -0.25) is 4.90 Å². The molecule has 1 aliphatic rings. The molecule has 5 rings (SSSR count). The van der Waals surface area contributed by atoms with Crippen LogP contribution in [0.5, 0.6) is 0 Å². The van der Waals surface area contributed by atoms with Crippen LogP contribution in [0.25, 0.3) is 22.5 Å². The summed E-state index contributed by atoms with van der Waals surface area (Å²) in [7, 11) is 0. The van der Waals surface area contributed by atoms with Crippen LogP contribution in [0.2, 0.25) is 0 Å². The molecule has 0 fully saturated rings. The Hall–Kier alpha value is -2.92. The SMILES string of the molecule is c1coc(-c2ncc3c(n2)CN(Cc2cccc4[nH]ccc24)CC3)c1. The van der Waals surface area contributed by atoms with E-state index < -0.39 is 0 Å². The fourth-order valence-electron chi connectivity index (χ4n) is 3.55. The highest BCUT2D eigenvalue weighted by molar-refractivity contribution is 5.82. The summed E-state index contributed by atoms with van der Waals surface area (Å²) in [6, 6.07) is 12.4. The zero-order valence-electron chi connectivity index (χ0n) is 13.8. The van der Waals surface area contributed by atoms with E-state index in [1.807, 2.05) is 24.5 Å². The standard InChI is InChI=1S/C20H18N4O/c1-3-15(16-6-8-21-17(16)4-1)12-24-9-7-14-11-22-20(23-18(14)13-24)19-5-2-10-25-19/h1-6,8,10-11,21H,7,9,12-13H2. The maximum absolute atomic E-state index is 5.43. The van der Waals surface area contributed by atoms with Gasteiger partial charge in [-0.2, -0.15) is 0 Å². The predicted molar refractivity (Wildman–Crippen MR) is 95.9 cm³/mol. The van der Waals surface area contributed by atoms with Gasteiger partial charge in [0.05, 0.1) is 12.0 Å². The second kappa shape index (κ2) is 5.86. The van der Waals surface area contributed by atoms with Crippen molar-refractivity contribution in [3.63, 3.8) is 0 Å². The third-order valence-electron chi connectivity index (χ3n) is 4.85. The minimum absolute atomic E-state index is 0.665. The molecule has 4 aromatic rings. The van der Waals surface area contributed by atoms with Crippen molar-refractivity contribution in [2.75, 3.05) is 6.54 Å². The van der Waals surface area contributed by atoms with Crippen LogP contribution in [0.1, 0.15) is 16.8 Å². The molecule has 1 aromatic carbocycles. The lowest BCUT2D eigenvalue weighted by Gasteiger charge is -2.28. The first-order chi connectivity index (χ1) is 12.4. The lowest BCUT2D eigenvalue weighted by atomic mass is 10.0. The molecule has 0 spiro atoms. The minimum atomic E-state index is 0.665. The maximum Gasteiger partial charge on any atom is 0.195 e. The number of aromatic nitrogens is 3. The van der Waals surface area contributed by atoms with Crippen molar-refractivity contribution in [3.8, 4) is 11.6 Å². The van der Waals surface area contributed by atoms with Crippen LogP contribution in [0.3, 0.4) is 0 Å². The van der Waals surface area contributed by atoms with Gasteiger partial charge in [-0.05, 0) is 41.8 Å². The fourth-order valence-corrected chi connectivity index (χ4v) is 3.55. The Morgan fingerprint density at radius 2 is 2.16 bits per heavy atom. The summed E-state index contributed by atoms with van der Waals surface area (Å²) in [6.45, 7) is 2.79. The van der Waals surface area contributed by atoms with Gasteiger partial charge in [0.2, 0.25) is 0 Å². The van der Waals surface area contributed by atoms with Gasteiger partial charge in [-0.15, -0.1) is 0 Å². The molecule has 25 heavy (non-hydrogen) atoms. The van der Waals surface area contributed by atoms with Gasteiger partial charge in [-0.25, -0.2) is 9.97 Å². The molecule has 0 bridgehead atoms. The molecule has 0 atom stereocenters. The maximum atomic E-state index is 5.43. The monoisotopic (exact) mass is 330 g/mol. The average molecular weight is 330 g/mol. The van der Waals surface area contributed by atoms with Crippen molar-refractivity contribution >= 4 is 10.9 Å². The number of rotatable bonds is 3. The summed E-state index contributed by atoms with van der Waals surface area (Å²) in [5, 5.41) is 1.30. The van der Waals surface area contributed by atoms with E-state index in [1.54, 1.807) is 6.26 Å². The zero-order valence-corrected chi connectivity index (χ0v) is 13.8. The highest BCUT2D eigenvalue weighted by Gasteiger charge is 2.20. The summed E-state index contributed by atoms with van der Waals surface area (Å²) in [4.78, 5) is 14.9. The van der Waals surface area contributed by atoms with Crippen LogP contribution >= 0.6 is 0 Å². The van der Waals surface area contributed by atoms with Crippen LogP contribution in [-0.2, 0) is 19.5 Å². The molecular weight excluding hydrogens is 312 g/mol. The van der Waals surface area contributed by atoms with Crippen molar-refractivity contribution in [3.05, 3.63) is 71.9 Å². The number of nitrogens with one attached hydrogen (secondary N) is 1. The molecule has 5 heteroatoms. The third-order valence-corrected chi connectivity index (χ3v) is 4.85. The molecule has 0 saturated carbocycles. The molecular formula is C20H18N4O. The van der Waals surface area contributed by atoms with Gasteiger partial charge in [0.1, 0.15) is 0 Å². The second-order valence-corrected chi connectivity index (χ2v) is 6.46. The highest BCUT2D eigenvalue weighted by atomic mass is 16.3. The second-order valence-electron chi connectivity index (χ2n) is 6.46. The topological polar surface area (TPSA) is 58.0 Å². The van der Waals surface area contributed by atoms with E-state index in [9.17, 15) is 0 Å². The molecule has 1 aliphatic heterocycles. The van der Waals surface area contributed by atoms with E-state index in [-0.39, 0.29) is 0 Å². The van der Waals surface area contributed by atoms with E-state index in [0.717, 1.165) is 37.5 Å². The van der Waals surface area contributed by atoms with Gasteiger partial charge >= 0.3 is 0 Å². The van der Waals surface area contributed by atoms with Crippen molar-refractivity contribution in [2.45, 2.75) is 19.5 Å². The van der Waals surface area contributed by atoms with Gasteiger partial charge < -0.3 is 9.40 Å². The summed E-state index contributed by atoms with van der Waals surface area (Å²) in [6.07, 6.45) is 6.59. The Balaban J connectivity index is 1.42. The summed E-state index contributed by atoms with van der Waals surface area (Å²) in [5.41, 5.74) is 4.89. The Morgan fingerprint density at radius 1 is 1.16 bits per heavy atom. The van der Waals surface area contributed by atoms with Gasteiger partial charge in [0.25, 0.3) is 0 Å². The third kappa shape index (κ3) is 2.62. The molecule has 0 radical (unpaired) electrons. The van der Waals surface area contributed by atoms with E-state index in [1.165, 1.54) is 22.0 Å². The first-order valence-electron chi connectivity index (χ1n) is 8.53. The number of H-pyrrole nitrogens is 1. The van der Waals surface area contributed by atoms with Crippen LogP contribution in [0.4, 0.5) is 0 Å². The predicted octanol–water partition coefficient (Wildman–Crippen LogP) is 3.78. The quantitative estimate of drug-likeness (QED) is 0.621. The van der Waals surface area contributed by atoms with E-state index in [4.69, 9.17) is 9.40 Å². The number of hydrogen-bond acceptors (Lipinski definition) is 4. The first-order valence-corrected chi connectivity index (χ1v) is 8.53.